The third-order valence-corrected chi connectivity index (χ3v) is 9.06. The number of piperidine rings is 1. The van der Waals surface area contributed by atoms with Crippen molar-refractivity contribution >= 4 is 27.1 Å². The van der Waals surface area contributed by atoms with E-state index in [9.17, 15) is 30.8 Å². The van der Waals surface area contributed by atoms with Gasteiger partial charge in [-0.2, -0.15) is 13.2 Å². The van der Waals surface area contributed by atoms with E-state index in [4.69, 9.17) is 4.74 Å². The van der Waals surface area contributed by atoms with Crippen LogP contribution in [-0.4, -0.2) is 46.1 Å². The molecule has 220 valence electrons. The number of carbonyl (C=O) groups is 1. The molecule has 11 heteroatoms. The Hall–Kier alpha value is -3.44. The van der Waals surface area contributed by atoms with Crippen LogP contribution in [0.4, 0.5) is 28.9 Å². The van der Waals surface area contributed by atoms with Crippen LogP contribution in [0.25, 0.3) is 0 Å². The van der Waals surface area contributed by atoms with Gasteiger partial charge in [0.25, 0.3) is 0 Å². The monoisotopic (exact) mass is 592 g/mol. The highest BCUT2D eigenvalue weighted by Gasteiger charge is 2.32. The normalized spacial score (nSPS) is 17.8. The predicted octanol–water partition coefficient (Wildman–Crippen LogP) is 6.38. The summed E-state index contributed by atoms with van der Waals surface area (Å²) in [4.78, 5) is 14.9. The lowest BCUT2D eigenvalue weighted by molar-refractivity contribution is -0.137. The van der Waals surface area contributed by atoms with Gasteiger partial charge in [-0.15, -0.1) is 0 Å². The van der Waals surface area contributed by atoms with E-state index < -0.39 is 28.4 Å². The third kappa shape index (κ3) is 7.85. The van der Waals surface area contributed by atoms with Gasteiger partial charge in [0.15, 0.2) is 16.7 Å². The first-order valence-corrected chi connectivity index (χ1v) is 14.9. The number of carbonyl (C=O) groups excluding carboxylic acids is 1. The number of benzene rings is 3. The van der Waals surface area contributed by atoms with Crippen LogP contribution in [0, 0.1) is 0 Å². The lowest BCUT2D eigenvalue weighted by atomic mass is 9.86. The molecule has 1 unspecified atom stereocenters. The van der Waals surface area contributed by atoms with Gasteiger partial charge < -0.3 is 15.0 Å². The van der Waals surface area contributed by atoms with Crippen molar-refractivity contribution in [2.24, 2.45) is 0 Å². The highest BCUT2D eigenvalue weighted by atomic mass is 32.2. The number of hydrogen-bond acceptors (Lipinski definition) is 5. The maximum absolute atomic E-state index is 13.0. The zero-order valence-corrected chi connectivity index (χ0v) is 23.3. The molecule has 0 aliphatic carbocycles. The van der Waals surface area contributed by atoms with Gasteiger partial charge in [0, 0.05) is 23.8 Å². The van der Waals surface area contributed by atoms with Gasteiger partial charge in [0.1, 0.15) is 0 Å². The van der Waals surface area contributed by atoms with Crippen LogP contribution in [0.15, 0.2) is 77.7 Å². The average molecular weight is 593 g/mol. The molecule has 1 aliphatic rings. The Morgan fingerprint density at radius 1 is 0.976 bits per heavy atom. The number of sulfone groups is 1. The smallest absolute Gasteiger partial charge is 0.366 e. The summed E-state index contributed by atoms with van der Waals surface area (Å²) in [5, 5.41) is 2.83. The molecule has 0 aromatic heterocycles. The average Bonchev–Trinajstić information content (AvgIpc) is 2.96. The summed E-state index contributed by atoms with van der Waals surface area (Å²) in [6.07, 6.45) is -2.94. The summed E-state index contributed by atoms with van der Waals surface area (Å²) in [5.74, 6) is -0.282. The van der Waals surface area contributed by atoms with Gasteiger partial charge in [-0.1, -0.05) is 31.2 Å². The zero-order chi connectivity index (χ0) is 29.6. The third-order valence-electron chi connectivity index (χ3n) is 7.31. The summed E-state index contributed by atoms with van der Waals surface area (Å²) < 4.78 is 80.8. The Morgan fingerprint density at radius 3 is 2.22 bits per heavy atom. The molecule has 41 heavy (non-hydrogen) atoms. The Balaban J connectivity index is 1.42. The lowest BCUT2D eigenvalue weighted by Gasteiger charge is -2.41. The summed E-state index contributed by atoms with van der Waals surface area (Å²) in [6, 6.07) is 18.5. The number of hydrogen-bond donors (Lipinski definition) is 1. The Labute approximate surface area is 237 Å². The Morgan fingerprint density at radius 2 is 1.63 bits per heavy atom. The highest BCUT2D eigenvalue weighted by molar-refractivity contribution is 7.91. The largest absolute Gasteiger partial charge is 0.416 e. The summed E-state index contributed by atoms with van der Waals surface area (Å²) in [7, 11) is -3.31. The summed E-state index contributed by atoms with van der Waals surface area (Å²) >= 11 is 0. The molecule has 0 spiro atoms. The molecule has 1 N–H and O–H groups in total. The number of nitrogens with zero attached hydrogens (tertiary/aromatic N) is 1. The van der Waals surface area contributed by atoms with Crippen LogP contribution in [0.5, 0.6) is 0 Å². The molecule has 1 amide bonds. The zero-order valence-electron chi connectivity index (χ0n) is 22.5. The number of nitrogens with one attached hydrogen (secondary N) is 1. The molecule has 0 radical (unpaired) electrons. The van der Waals surface area contributed by atoms with Gasteiger partial charge in [-0.3, -0.25) is 4.79 Å². The van der Waals surface area contributed by atoms with Crippen molar-refractivity contribution in [1.82, 2.24) is 0 Å². The van der Waals surface area contributed by atoms with Gasteiger partial charge >= 0.3 is 6.18 Å². The van der Waals surface area contributed by atoms with Crippen LogP contribution in [0.3, 0.4) is 0 Å². The quantitative estimate of drug-likeness (QED) is 0.277. The predicted molar refractivity (Wildman–Crippen MR) is 149 cm³/mol. The fourth-order valence-corrected chi connectivity index (χ4v) is 5.91. The number of anilines is 2. The number of alkyl halides is 4. The van der Waals surface area contributed by atoms with Crippen LogP contribution in [-0.2, 0) is 32.0 Å². The van der Waals surface area contributed by atoms with Crippen molar-refractivity contribution < 1.29 is 35.5 Å². The molecule has 6 nitrogen and oxygen atoms in total. The van der Waals surface area contributed by atoms with E-state index in [1.54, 1.807) is 31.2 Å². The van der Waals surface area contributed by atoms with Crippen molar-refractivity contribution in [3.8, 4) is 0 Å². The first-order valence-electron chi connectivity index (χ1n) is 13.3. The van der Waals surface area contributed by atoms with Crippen molar-refractivity contribution in [2.75, 3.05) is 36.0 Å². The molecule has 0 bridgehead atoms. The molecule has 1 fully saturated rings. The van der Waals surface area contributed by atoms with Crippen LogP contribution in [0.1, 0.15) is 42.4 Å². The van der Waals surface area contributed by atoms with Crippen LogP contribution >= 0.6 is 0 Å². The van der Waals surface area contributed by atoms with E-state index in [0.717, 1.165) is 29.8 Å². The second kappa shape index (κ2) is 13.0. The molecule has 3 aromatic carbocycles. The second-order valence-corrected chi connectivity index (χ2v) is 12.3. The van der Waals surface area contributed by atoms with E-state index in [-0.39, 0.29) is 41.5 Å². The fourth-order valence-electron chi connectivity index (χ4n) is 5.02. The number of ether oxygens (including phenoxy) is 1. The van der Waals surface area contributed by atoms with E-state index >= 15 is 0 Å². The van der Waals surface area contributed by atoms with Crippen molar-refractivity contribution in [3.05, 3.63) is 89.5 Å². The number of rotatable bonds is 10. The molecule has 4 rings (SSSR count). The minimum atomic E-state index is -4.40. The molecular formula is C30H32F4N2O4S. The number of amides is 1. The number of halogens is 4. The van der Waals surface area contributed by atoms with Crippen molar-refractivity contribution in [2.45, 2.75) is 49.2 Å². The second-order valence-electron chi connectivity index (χ2n) is 10.00. The molecule has 1 aliphatic heterocycles. The van der Waals surface area contributed by atoms with Crippen LogP contribution in [0.2, 0.25) is 0 Å². The van der Waals surface area contributed by atoms with Crippen molar-refractivity contribution in [3.63, 3.8) is 0 Å². The lowest BCUT2D eigenvalue weighted by Crippen LogP contribution is -2.45. The minimum absolute atomic E-state index is 0.000407. The van der Waals surface area contributed by atoms with E-state index in [1.165, 1.54) is 24.3 Å². The van der Waals surface area contributed by atoms with Crippen molar-refractivity contribution in [1.29, 1.82) is 0 Å². The fraction of sp³-hybridized carbons (Fsp3) is 0.367. The standard InChI is InChI=1S/C30H32F4N2O4S/c1-2-41(38,39)28-15-3-21(4-16-28)17-29(37)35-25-10-13-26(14-11-25)36-18-23(7-12-27(36)19-40-20-31)22-5-8-24(9-6-22)30(32,33)34/h3-6,8-11,13-16,23,27H,2,7,12,17-20H2,1H3,(H,35,37)/t23?,27-/m0/s1. The molecule has 0 saturated carbocycles. The Bertz CT molecular complexity index is 1410. The van der Waals surface area contributed by atoms with E-state index in [0.29, 0.717) is 24.2 Å². The van der Waals surface area contributed by atoms with E-state index in [1.807, 2.05) is 12.1 Å². The Kier molecular flexibility index (Phi) is 9.70. The maximum atomic E-state index is 13.0. The summed E-state index contributed by atoms with van der Waals surface area (Å²) in [5.41, 5.74) is 2.17. The SMILES string of the molecule is CCS(=O)(=O)c1ccc(CC(=O)Nc2ccc(N3CC(c4ccc(C(F)(F)F)cc4)CC[C@H]3COCF)cc2)cc1. The van der Waals surface area contributed by atoms with Gasteiger partial charge in [0.05, 0.1) is 35.3 Å². The minimum Gasteiger partial charge on any atom is -0.366 e. The van der Waals surface area contributed by atoms with Gasteiger partial charge in [-0.25, -0.2) is 12.8 Å². The highest BCUT2D eigenvalue weighted by Crippen LogP contribution is 2.36. The summed E-state index contributed by atoms with van der Waals surface area (Å²) in [6.45, 7) is 1.35. The maximum Gasteiger partial charge on any atom is 0.416 e. The first kappa shape index (κ1) is 30.5. The molecule has 2 atom stereocenters. The van der Waals surface area contributed by atoms with E-state index in [2.05, 4.69) is 10.2 Å². The molecular weight excluding hydrogens is 560 g/mol. The molecule has 1 saturated heterocycles. The van der Waals surface area contributed by atoms with Crippen LogP contribution < -0.4 is 10.2 Å². The first-order chi connectivity index (χ1) is 19.5. The molecule has 3 aromatic rings. The van der Waals surface area contributed by atoms with Gasteiger partial charge in [0.2, 0.25) is 5.91 Å². The molecule has 1 heterocycles. The topological polar surface area (TPSA) is 75.7 Å². The van der Waals surface area contributed by atoms with Gasteiger partial charge in [-0.05, 0) is 72.5 Å².